The minimum atomic E-state index is -0.522. The first-order chi connectivity index (χ1) is 25.4. The molecular weight excluding hydrogens is 675 g/mol. The molecule has 0 saturated heterocycles. The Bertz CT molecular complexity index is 1980. The van der Waals surface area contributed by atoms with Crippen LogP contribution in [0.25, 0.3) is 6.08 Å². The molecule has 0 heterocycles. The van der Waals surface area contributed by atoms with Crippen LogP contribution in [-0.2, 0) is 20.9 Å². The first-order valence-corrected chi connectivity index (χ1v) is 17.8. The Morgan fingerprint density at radius 2 is 1.42 bits per heavy atom. The minimum Gasteiger partial charge on any atom is -0.489 e. The van der Waals surface area contributed by atoms with E-state index < -0.39 is 17.8 Å². The number of hydrogen-bond donors (Lipinski definition) is 3. The van der Waals surface area contributed by atoms with Gasteiger partial charge in [-0.1, -0.05) is 80.1 Å². The molecule has 0 aliphatic heterocycles. The second kappa shape index (κ2) is 19.3. The van der Waals surface area contributed by atoms with Crippen molar-refractivity contribution in [3.8, 4) is 5.75 Å². The molecule has 0 aliphatic carbocycles. The van der Waals surface area contributed by atoms with Gasteiger partial charge < -0.3 is 25.4 Å². The maximum Gasteiger partial charge on any atom is 0.338 e. The second-order valence-corrected chi connectivity index (χ2v) is 12.7. The van der Waals surface area contributed by atoms with Crippen LogP contribution in [0, 0.1) is 0 Å². The van der Waals surface area contributed by atoms with E-state index in [0.29, 0.717) is 47.0 Å². The number of esters is 1. The molecule has 10 heteroatoms. The first-order valence-electron chi connectivity index (χ1n) is 16.8. The van der Waals surface area contributed by atoms with Gasteiger partial charge in [-0.15, -0.1) is 11.8 Å². The number of anilines is 2. The van der Waals surface area contributed by atoms with Crippen molar-refractivity contribution in [2.45, 2.75) is 31.3 Å². The molecule has 0 aliphatic rings. The summed E-state index contributed by atoms with van der Waals surface area (Å²) in [6.45, 7) is 2.82. The molecule has 0 radical (unpaired) electrons. The van der Waals surface area contributed by atoms with E-state index in [-0.39, 0.29) is 17.4 Å². The summed E-state index contributed by atoms with van der Waals surface area (Å²) in [5.74, 6) is -0.799. The van der Waals surface area contributed by atoms with Gasteiger partial charge in [-0.05, 0) is 90.4 Å². The van der Waals surface area contributed by atoms with Gasteiger partial charge in [-0.2, -0.15) is 0 Å². The molecule has 264 valence electrons. The number of carbonyl (C=O) groups excluding carboxylic acids is 4. The lowest BCUT2D eigenvalue weighted by Crippen LogP contribution is -2.30. The monoisotopic (exact) mass is 713 g/mol. The first kappa shape index (κ1) is 37.1. The van der Waals surface area contributed by atoms with Gasteiger partial charge in [-0.25, -0.2) is 4.79 Å². The van der Waals surface area contributed by atoms with E-state index in [9.17, 15) is 19.2 Å². The van der Waals surface area contributed by atoms with Gasteiger partial charge >= 0.3 is 5.97 Å². The fourth-order valence-corrected chi connectivity index (χ4v) is 5.56. The van der Waals surface area contributed by atoms with E-state index in [1.54, 1.807) is 84.9 Å². The van der Waals surface area contributed by atoms with Crippen LogP contribution in [0.4, 0.5) is 11.4 Å². The maximum absolute atomic E-state index is 13.6. The molecule has 9 nitrogen and oxygen atoms in total. The van der Waals surface area contributed by atoms with Gasteiger partial charge in [0.1, 0.15) is 18.1 Å². The Morgan fingerprint density at radius 1 is 0.712 bits per heavy atom. The predicted molar refractivity (Wildman–Crippen MR) is 205 cm³/mol. The van der Waals surface area contributed by atoms with Crippen molar-refractivity contribution >= 4 is 52.9 Å². The van der Waals surface area contributed by atoms with Crippen LogP contribution in [0.1, 0.15) is 51.6 Å². The number of benzene rings is 5. The lowest BCUT2D eigenvalue weighted by atomic mass is 10.1. The maximum atomic E-state index is 13.6. The van der Waals surface area contributed by atoms with Crippen molar-refractivity contribution in [1.29, 1.82) is 0 Å². The van der Waals surface area contributed by atoms with Gasteiger partial charge in [0, 0.05) is 21.8 Å². The lowest BCUT2D eigenvalue weighted by Gasteiger charge is -2.13. The van der Waals surface area contributed by atoms with Crippen molar-refractivity contribution in [3.05, 3.63) is 161 Å². The molecule has 0 fully saturated rings. The molecule has 0 aromatic heterocycles. The van der Waals surface area contributed by atoms with Gasteiger partial charge in [0.05, 0.1) is 17.9 Å². The molecule has 5 rings (SSSR count). The summed E-state index contributed by atoms with van der Waals surface area (Å²) < 4.78 is 11.1. The van der Waals surface area contributed by atoms with E-state index in [0.717, 1.165) is 23.3 Å². The number of amides is 3. The molecule has 0 saturated carbocycles. The third-order valence-corrected chi connectivity index (χ3v) is 8.56. The molecule has 5 aromatic carbocycles. The van der Waals surface area contributed by atoms with Crippen molar-refractivity contribution in [2.24, 2.45) is 0 Å². The van der Waals surface area contributed by atoms with Gasteiger partial charge in [0.15, 0.2) is 0 Å². The fraction of sp³-hybridized carbons (Fsp3) is 0.143. The van der Waals surface area contributed by atoms with E-state index in [2.05, 4.69) is 16.0 Å². The van der Waals surface area contributed by atoms with Crippen LogP contribution in [0.2, 0.25) is 0 Å². The Kier molecular flexibility index (Phi) is 13.8. The number of hydrogen-bond acceptors (Lipinski definition) is 7. The second-order valence-electron chi connectivity index (χ2n) is 11.6. The average molecular weight is 714 g/mol. The summed E-state index contributed by atoms with van der Waals surface area (Å²) >= 11 is 1.30. The number of carbonyl (C=O) groups is 4. The normalized spacial score (nSPS) is 10.9. The van der Waals surface area contributed by atoms with Crippen molar-refractivity contribution in [2.75, 3.05) is 23.0 Å². The quantitative estimate of drug-likeness (QED) is 0.0407. The molecule has 0 bridgehead atoms. The summed E-state index contributed by atoms with van der Waals surface area (Å²) in [4.78, 5) is 52.3. The molecule has 3 N–H and O–H groups in total. The van der Waals surface area contributed by atoms with Crippen molar-refractivity contribution in [1.82, 2.24) is 5.32 Å². The SMILES string of the molecule is CCCCOC(=O)c1ccc(NC(=O)CSc2cccc(NC(=O)/C(=C\c3ccc(OCc4ccccc4)cc3)NC(=O)c3ccccc3)c2)cc1. The lowest BCUT2D eigenvalue weighted by molar-refractivity contribution is -0.114. The molecule has 0 atom stereocenters. The Balaban J connectivity index is 1.20. The zero-order chi connectivity index (χ0) is 36.5. The summed E-state index contributed by atoms with van der Waals surface area (Å²) in [6.07, 6.45) is 3.34. The number of thioether (sulfide) groups is 1. The van der Waals surface area contributed by atoms with Crippen molar-refractivity contribution in [3.63, 3.8) is 0 Å². The third-order valence-electron chi connectivity index (χ3n) is 7.57. The van der Waals surface area contributed by atoms with Crippen molar-refractivity contribution < 1.29 is 28.7 Å². The highest BCUT2D eigenvalue weighted by Gasteiger charge is 2.16. The molecular formula is C42H39N3O6S. The summed E-state index contributed by atoms with van der Waals surface area (Å²) in [6, 6.07) is 39.3. The number of ether oxygens (including phenoxy) is 2. The van der Waals surface area contributed by atoms with Crippen LogP contribution in [0.3, 0.4) is 0 Å². The minimum absolute atomic E-state index is 0.0458. The van der Waals surface area contributed by atoms with E-state index in [1.165, 1.54) is 11.8 Å². The predicted octanol–water partition coefficient (Wildman–Crippen LogP) is 8.36. The van der Waals surface area contributed by atoms with E-state index >= 15 is 0 Å². The highest BCUT2D eigenvalue weighted by atomic mass is 32.2. The third kappa shape index (κ3) is 11.7. The zero-order valence-corrected chi connectivity index (χ0v) is 29.5. The number of unbranched alkanes of at least 4 members (excludes halogenated alkanes) is 1. The largest absolute Gasteiger partial charge is 0.489 e. The molecule has 52 heavy (non-hydrogen) atoms. The van der Waals surface area contributed by atoms with Gasteiger partial charge in [0.25, 0.3) is 11.8 Å². The van der Waals surface area contributed by atoms with E-state index in [4.69, 9.17) is 9.47 Å². The average Bonchev–Trinajstić information content (AvgIpc) is 3.17. The molecule has 3 amide bonds. The summed E-state index contributed by atoms with van der Waals surface area (Å²) in [5.41, 5.74) is 3.64. The van der Waals surface area contributed by atoms with Gasteiger partial charge in [-0.3, -0.25) is 14.4 Å². The van der Waals surface area contributed by atoms with Crippen LogP contribution in [0.15, 0.2) is 144 Å². The number of rotatable bonds is 16. The van der Waals surface area contributed by atoms with Crippen LogP contribution < -0.4 is 20.7 Å². The molecule has 0 spiro atoms. The molecule has 0 unspecified atom stereocenters. The smallest absolute Gasteiger partial charge is 0.338 e. The van der Waals surface area contributed by atoms with E-state index in [1.807, 2.05) is 61.5 Å². The Hall–Kier alpha value is -6.13. The van der Waals surface area contributed by atoms with Crippen LogP contribution in [0.5, 0.6) is 5.75 Å². The zero-order valence-electron chi connectivity index (χ0n) is 28.7. The summed E-state index contributed by atoms with van der Waals surface area (Å²) in [5, 5.41) is 8.45. The highest BCUT2D eigenvalue weighted by Crippen LogP contribution is 2.23. The Morgan fingerprint density at radius 3 is 2.13 bits per heavy atom. The van der Waals surface area contributed by atoms with Gasteiger partial charge in [0.2, 0.25) is 5.91 Å². The molecule has 5 aromatic rings. The topological polar surface area (TPSA) is 123 Å². The number of nitrogens with one attached hydrogen (secondary N) is 3. The Labute approximate surface area is 307 Å². The summed E-state index contributed by atoms with van der Waals surface area (Å²) in [7, 11) is 0. The standard InChI is InChI=1S/C42H39N3O6S/c1-2-3-25-50-42(49)33-19-21-34(22-20-33)43-39(46)29-52-37-16-10-15-35(27-37)44-41(48)38(45-40(47)32-13-8-5-9-14-32)26-30-17-23-36(24-18-30)51-28-31-11-6-4-7-12-31/h4-24,26-27H,2-3,25,28-29H2,1H3,(H,43,46)(H,44,48)(H,45,47)/b38-26+. The van der Waals surface area contributed by atoms with Crippen LogP contribution >= 0.6 is 11.8 Å². The highest BCUT2D eigenvalue weighted by molar-refractivity contribution is 8.00. The van der Waals surface area contributed by atoms with Crippen LogP contribution in [-0.4, -0.2) is 36.1 Å². The fourth-order valence-electron chi connectivity index (χ4n) is 4.80.